The second kappa shape index (κ2) is 9.66. The van der Waals surface area contributed by atoms with Gasteiger partial charge >= 0.3 is 5.69 Å². The van der Waals surface area contributed by atoms with Crippen LogP contribution in [0.1, 0.15) is 35.4 Å². The Morgan fingerprint density at radius 2 is 1.51 bits per heavy atom. The molecule has 0 saturated heterocycles. The second-order valence-electron chi connectivity index (χ2n) is 8.72. The number of fused-ring (bicyclic) bond motifs is 1. The molecule has 0 N–H and O–H groups in total. The molecular weight excluding hydrogens is 444 g/mol. The van der Waals surface area contributed by atoms with E-state index < -0.39 is 0 Å². The third kappa shape index (κ3) is 4.52. The summed E-state index contributed by atoms with van der Waals surface area (Å²) < 4.78 is 30.6. The Balaban J connectivity index is 1.48. The molecule has 2 heterocycles. The van der Waals surface area contributed by atoms with Crippen LogP contribution in [0.15, 0.2) is 96.1 Å². The fourth-order valence-electron chi connectivity index (χ4n) is 4.78. The summed E-state index contributed by atoms with van der Waals surface area (Å²) in [5, 5.41) is 0. The lowest BCUT2D eigenvalue weighted by molar-refractivity contribution is 0.569. The van der Waals surface area contributed by atoms with Crippen molar-refractivity contribution in [2.45, 2.75) is 32.2 Å². The van der Waals surface area contributed by atoms with E-state index >= 15 is 0 Å². The molecule has 0 bridgehead atoms. The lowest BCUT2D eigenvalue weighted by atomic mass is 9.87. The van der Waals surface area contributed by atoms with Gasteiger partial charge in [-0.1, -0.05) is 36.4 Å². The highest BCUT2D eigenvalue weighted by Gasteiger charge is 2.18. The molecule has 0 aliphatic carbocycles. The predicted octanol–water partition coefficient (Wildman–Crippen LogP) is 6.39. The van der Waals surface area contributed by atoms with Crippen LogP contribution in [0.25, 0.3) is 16.7 Å². The number of aromatic nitrogens is 3. The van der Waals surface area contributed by atoms with Crippen LogP contribution in [0.5, 0.6) is 0 Å². The zero-order valence-electron chi connectivity index (χ0n) is 19.4. The van der Waals surface area contributed by atoms with E-state index in [4.69, 9.17) is 0 Å². The van der Waals surface area contributed by atoms with E-state index in [0.29, 0.717) is 13.0 Å². The molecule has 2 aromatic heterocycles. The van der Waals surface area contributed by atoms with E-state index in [0.717, 1.165) is 39.8 Å². The number of halogens is 2. The first kappa shape index (κ1) is 22.7. The van der Waals surface area contributed by atoms with Gasteiger partial charge in [0.25, 0.3) is 0 Å². The van der Waals surface area contributed by atoms with Gasteiger partial charge in [0.15, 0.2) is 0 Å². The van der Waals surface area contributed by atoms with E-state index in [1.165, 1.54) is 24.3 Å². The molecule has 0 saturated carbocycles. The van der Waals surface area contributed by atoms with Gasteiger partial charge < -0.3 is 0 Å². The Morgan fingerprint density at radius 3 is 2.11 bits per heavy atom. The molecular formula is C29H25F2N3O. The lowest BCUT2D eigenvalue weighted by Gasteiger charge is -2.18. The Hall–Kier alpha value is -4.06. The topological polar surface area (TPSA) is 39.8 Å². The maximum Gasteiger partial charge on any atom is 0.333 e. The van der Waals surface area contributed by atoms with Crippen molar-refractivity contribution < 1.29 is 8.78 Å². The number of imidazole rings is 1. The molecule has 0 atom stereocenters. The fourth-order valence-corrected chi connectivity index (χ4v) is 4.78. The summed E-state index contributed by atoms with van der Waals surface area (Å²) in [5.41, 5.74) is 5.29. The molecule has 0 aliphatic rings. The van der Waals surface area contributed by atoms with Crippen LogP contribution in [0, 0.1) is 18.6 Å². The van der Waals surface area contributed by atoms with Crippen LogP contribution >= 0.6 is 0 Å². The zero-order chi connectivity index (χ0) is 24.4. The first-order valence-electron chi connectivity index (χ1n) is 11.6. The van der Waals surface area contributed by atoms with Gasteiger partial charge in [0.2, 0.25) is 0 Å². The van der Waals surface area contributed by atoms with Crippen LogP contribution in [-0.4, -0.2) is 14.1 Å². The normalized spacial score (nSPS) is 11.4. The maximum atomic E-state index is 13.6. The minimum absolute atomic E-state index is 0.0414. The number of hydrogen-bond donors (Lipinski definition) is 0. The molecule has 35 heavy (non-hydrogen) atoms. The smallest absolute Gasteiger partial charge is 0.292 e. The summed E-state index contributed by atoms with van der Waals surface area (Å²) in [4.78, 5) is 17.7. The number of pyridine rings is 1. The van der Waals surface area contributed by atoms with Gasteiger partial charge in [0, 0.05) is 18.7 Å². The molecule has 0 radical (unpaired) electrons. The Labute approximate surface area is 202 Å². The van der Waals surface area contributed by atoms with Crippen molar-refractivity contribution in [2.24, 2.45) is 0 Å². The number of para-hydroxylation sites is 1. The molecule has 0 aliphatic heterocycles. The minimum Gasteiger partial charge on any atom is -0.292 e. The molecule has 0 amide bonds. The summed E-state index contributed by atoms with van der Waals surface area (Å²) in [6.45, 7) is 2.52. The van der Waals surface area contributed by atoms with E-state index in [1.54, 1.807) is 41.2 Å². The molecule has 5 rings (SSSR count). The zero-order valence-corrected chi connectivity index (χ0v) is 19.4. The number of rotatable bonds is 7. The van der Waals surface area contributed by atoms with Crippen molar-refractivity contribution in [3.63, 3.8) is 0 Å². The van der Waals surface area contributed by atoms with Crippen molar-refractivity contribution in [3.05, 3.63) is 130 Å². The lowest BCUT2D eigenvalue weighted by Crippen LogP contribution is -2.23. The largest absolute Gasteiger partial charge is 0.333 e. The van der Waals surface area contributed by atoms with Crippen molar-refractivity contribution >= 4 is 11.0 Å². The van der Waals surface area contributed by atoms with Gasteiger partial charge in [-0.2, -0.15) is 0 Å². The molecule has 176 valence electrons. The average molecular weight is 470 g/mol. The predicted molar refractivity (Wildman–Crippen MR) is 134 cm³/mol. The van der Waals surface area contributed by atoms with E-state index in [-0.39, 0.29) is 23.2 Å². The van der Waals surface area contributed by atoms with Gasteiger partial charge in [-0.3, -0.25) is 14.1 Å². The monoisotopic (exact) mass is 469 g/mol. The van der Waals surface area contributed by atoms with Crippen LogP contribution in [0.4, 0.5) is 8.78 Å². The number of aryl methyl sites for hydroxylation is 2. The highest BCUT2D eigenvalue weighted by atomic mass is 19.1. The Bertz CT molecular complexity index is 1460. The first-order chi connectivity index (χ1) is 17.0. The maximum absolute atomic E-state index is 13.6. The minimum atomic E-state index is -0.295. The van der Waals surface area contributed by atoms with Crippen LogP contribution in [0.2, 0.25) is 0 Å². The van der Waals surface area contributed by atoms with E-state index in [1.807, 2.05) is 41.8 Å². The van der Waals surface area contributed by atoms with Gasteiger partial charge in [-0.25, -0.2) is 13.6 Å². The quantitative estimate of drug-likeness (QED) is 0.277. The van der Waals surface area contributed by atoms with Crippen molar-refractivity contribution in [1.82, 2.24) is 14.1 Å². The number of benzene rings is 3. The van der Waals surface area contributed by atoms with Crippen molar-refractivity contribution in [2.75, 3.05) is 0 Å². The Kier molecular flexibility index (Phi) is 6.27. The Morgan fingerprint density at radius 1 is 0.857 bits per heavy atom. The first-order valence-corrected chi connectivity index (χ1v) is 11.6. The van der Waals surface area contributed by atoms with Gasteiger partial charge in [-0.05, 0) is 78.9 Å². The molecule has 0 fully saturated rings. The van der Waals surface area contributed by atoms with Gasteiger partial charge in [0.05, 0.1) is 22.9 Å². The van der Waals surface area contributed by atoms with Crippen LogP contribution < -0.4 is 5.69 Å². The second-order valence-corrected chi connectivity index (χ2v) is 8.72. The summed E-state index contributed by atoms with van der Waals surface area (Å²) in [5.74, 6) is -0.631. The highest BCUT2D eigenvalue weighted by Crippen LogP contribution is 2.30. The van der Waals surface area contributed by atoms with E-state index in [9.17, 15) is 13.6 Å². The summed E-state index contributed by atoms with van der Waals surface area (Å²) in [6, 6.07) is 22.5. The van der Waals surface area contributed by atoms with Crippen molar-refractivity contribution in [3.8, 4) is 5.69 Å². The molecule has 3 aromatic carbocycles. The van der Waals surface area contributed by atoms with Gasteiger partial charge in [0.1, 0.15) is 11.6 Å². The summed E-state index contributed by atoms with van der Waals surface area (Å²) in [6.07, 6.45) is 4.80. The summed E-state index contributed by atoms with van der Waals surface area (Å²) >= 11 is 0. The SMILES string of the molecule is Cc1cccc2c1n(-c1cccnc1)c(=O)n2CCCC(c1ccc(F)cc1)c1ccc(F)cc1. The third-order valence-corrected chi connectivity index (χ3v) is 6.48. The highest BCUT2D eigenvalue weighted by molar-refractivity contribution is 5.81. The summed E-state index contributed by atoms with van der Waals surface area (Å²) in [7, 11) is 0. The molecule has 4 nitrogen and oxygen atoms in total. The number of nitrogens with zero attached hydrogens (tertiary/aromatic N) is 3. The average Bonchev–Trinajstić information content (AvgIpc) is 3.16. The fraction of sp³-hybridized carbons (Fsp3) is 0.172. The van der Waals surface area contributed by atoms with Crippen molar-refractivity contribution in [1.29, 1.82) is 0 Å². The number of hydrogen-bond acceptors (Lipinski definition) is 2. The molecule has 0 unspecified atom stereocenters. The molecule has 0 spiro atoms. The molecule has 6 heteroatoms. The van der Waals surface area contributed by atoms with E-state index in [2.05, 4.69) is 4.98 Å². The molecule has 5 aromatic rings. The van der Waals surface area contributed by atoms with Crippen LogP contribution in [-0.2, 0) is 6.54 Å². The standard InChI is InChI=1S/C29H25F2N3O/c1-20-5-2-8-27-28(20)34(25-6-3-17-32-19-25)29(35)33(27)18-4-7-26(21-9-13-23(30)14-10-21)22-11-15-24(31)16-12-22/h2-3,5-6,8-17,19,26H,4,7,18H2,1H3. The van der Waals surface area contributed by atoms with Gasteiger partial charge in [-0.15, -0.1) is 0 Å². The third-order valence-electron chi connectivity index (χ3n) is 6.48. The van der Waals surface area contributed by atoms with Crippen LogP contribution in [0.3, 0.4) is 0 Å².